The minimum absolute atomic E-state index is 0.125. The molecule has 3 rings (SSSR count). The number of methoxy groups -OCH3 is 1. The predicted octanol–water partition coefficient (Wildman–Crippen LogP) is 0.836. The molecule has 1 aliphatic rings. The number of pyridine rings is 1. The molecule has 2 aromatic heterocycles. The molecule has 0 saturated carbocycles. The highest BCUT2D eigenvalue weighted by Crippen LogP contribution is 2.20. The first kappa shape index (κ1) is 15.2. The van der Waals surface area contributed by atoms with Crippen molar-refractivity contribution < 1.29 is 9.53 Å². The van der Waals surface area contributed by atoms with Crippen LogP contribution in [0, 0.1) is 0 Å². The number of carbonyl (C=O) groups excluding carboxylic acids is 1. The molecule has 0 fully saturated rings. The van der Waals surface area contributed by atoms with Gasteiger partial charge >= 0.3 is 0 Å². The van der Waals surface area contributed by atoms with Gasteiger partial charge in [0.05, 0.1) is 42.1 Å². The fraction of sp³-hybridized carbons (Fsp3) is 0.312. The molecule has 7 heteroatoms. The first-order valence-corrected chi connectivity index (χ1v) is 7.39. The first-order chi connectivity index (χ1) is 11.2. The van der Waals surface area contributed by atoms with Crippen LogP contribution >= 0.6 is 0 Å². The Morgan fingerprint density at radius 3 is 3.04 bits per heavy atom. The van der Waals surface area contributed by atoms with Crippen molar-refractivity contribution in [3.63, 3.8) is 0 Å². The molecule has 1 aliphatic heterocycles. The van der Waals surface area contributed by atoms with Gasteiger partial charge in [0.25, 0.3) is 5.91 Å². The number of amides is 1. The van der Waals surface area contributed by atoms with E-state index < -0.39 is 0 Å². The Balaban J connectivity index is 1.77. The maximum absolute atomic E-state index is 12.8. The number of hydrogen-bond acceptors (Lipinski definition) is 5. The van der Waals surface area contributed by atoms with E-state index in [-0.39, 0.29) is 5.91 Å². The lowest BCUT2D eigenvalue weighted by Crippen LogP contribution is -2.36. The molecular formula is C16H19N5O2. The Morgan fingerprint density at radius 1 is 1.48 bits per heavy atom. The standard InChI is InChI=1S/C16H19N5O2/c1-23-9-11-2-3-13(18-7-11)12(6-17)16(22)21-5-4-14-15(8-21)20-10-19-14/h2-3,6-7,10H,4-5,8-9,17H2,1H3,(H,19,20)/b12-6+. The van der Waals surface area contributed by atoms with Crippen LogP contribution in [0.5, 0.6) is 0 Å². The number of aromatic nitrogens is 3. The minimum Gasteiger partial charge on any atom is -0.404 e. The van der Waals surface area contributed by atoms with E-state index in [1.165, 1.54) is 6.20 Å². The number of imidazole rings is 1. The summed E-state index contributed by atoms with van der Waals surface area (Å²) >= 11 is 0. The molecule has 3 heterocycles. The van der Waals surface area contributed by atoms with Crippen LogP contribution in [-0.4, -0.2) is 39.4 Å². The number of rotatable bonds is 4. The van der Waals surface area contributed by atoms with Crippen molar-refractivity contribution in [3.8, 4) is 0 Å². The van der Waals surface area contributed by atoms with Crippen LogP contribution in [-0.2, 0) is 29.1 Å². The molecule has 0 bridgehead atoms. The smallest absolute Gasteiger partial charge is 0.257 e. The van der Waals surface area contributed by atoms with Crippen LogP contribution in [0.3, 0.4) is 0 Å². The zero-order valence-corrected chi connectivity index (χ0v) is 13.0. The Kier molecular flexibility index (Phi) is 4.38. The van der Waals surface area contributed by atoms with Crippen LogP contribution < -0.4 is 5.73 Å². The van der Waals surface area contributed by atoms with Crippen LogP contribution in [0.15, 0.2) is 30.9 Å². The Bertz CT molecular complexity index is 720. The average molecular weight is 313 g/mol. The molecule has 2 aromatic rings. The Hall–Kier alpha value is -2.67. The van der Waals surface area contributed by atoms with Gasteiger partial charge in [-0.05, 0) is 11.6 Å². The van der Waals surface area contributed by atoms with Gasteiger partial charge in [-0.1, -0.05) is 6.07 Å². The third-order valence-electron chi connectivity index (χ3n) is 3.87. The van der Waals surface area contributed by atoms with Gasteiger partial charge in [-0.3, -0.25) is 9.78 Å². The van der Waals surface area contributed by atoms with E-state index >= 15 is 0 Å². The normalized spacial score (nSPS) is 14.7. The zero-order chi connectivity index (χ0) is 16.2. The Morgan fingerprint density at radius 2 is 2.35 bits per heavy atom. The lowest BCUT2D eigenvalue weighted by molar-refractivity contribution is -0.126. The molecule has 0 aliphatic carbocycles. The molecule has 23 heavy (non-hydrogen) atoms. The number of fused-ring (bicyclic) bond motifs is 1. The van der Waals surface area contributed by atoms with E-state index in [2.05, 4.69) is 15.0 Å². The maximum Gasteiger partial charge on any atom is 0.257 e. The van der Waals surface area contributed by atoms with Crippen LogP contribution in [0.2, 0.25) is 0 Å². The highest BCUT2D eigenvalue weighted by Gasteiger charge is 2.25. The van der Waals surface area contributed by atoms with Crippen molar-refractivity contribution in [2.45, 2.75) is 19.6 Å². The fourth-order valence-electron chi connectivity index (χ4n) is 2.66. The van der Waals surface area contributed by atoms with Crippen LogP contribution in [0.25, 0.3) is 5.57 Å². The molecule has 0 aromatic carbocycles. The Labute approximate surface area is 134 Å². The molecule has 0 saturated heterocycles. The quantitative estimate of drug-likeness (QED) is 0.815. The lowest BCUT2D eigenvalue weighted by Gasteiger charge is -2.27. The summed E-state index contributed by atoms with van der Waals surface area (Å²) in [6.07, 6.45) is 5.42. The van der Waals surface area contributed by atoms with Crippen molar-refractivity contribution in [2.24, 2.45) is 5.73 Å². The van der Waals surface area contributed by atoms with Gasteiger partial charge in [-0.2, -0.15) is 0 Å². The second kappa shape index (κ2) is 6.62. The molecule has 1 amide bonds. The molecule has 0 atom stereocenters. The summed E-state index contributed by atoms with van der Waals surface area (Å²) in [6, 6.07) is 3.67. The number of hydrogen-bond donors (Lipinski definition) is 2. The zero-order valence-electron chi connectivity index (χ0n) is 13.0. The van der Waals surface area contributed by atoms with Crippen molar-refractivity contribution in [1.82, 2.24) is 19.9 Å². The van der Waals surface area contributed by atoms with Crippen LogP contribution in [0.1, 0.15) is 22.6 Å². The second-order valence-electron chi connectivity index (χ2n) is 5.37. The molecule has 0 radical (unpaired) electrons. The summed E-state index contributed by atoms with van der Waals surface area (Å²) < 4.78 is 5.06. The van der Waals surface area contributed by atoms with E-state index in [4.69, 9.17) is 10.5 Å². The number of carbonyl (C=O) groups is 1. The number of nitrogens with one attached hydrogen (secondary N) is 1. The fourth-order valence-corrected chi connectivity index (χ4v) is 2.66. The highest BCUT2D eigenvalue weighted by atomic mass is 16.5. The highest BCUT2D eigenvalue weighted by molar-refractivity contribution is 6.18. The lowest BCUT2D eigenvalue weighted by atomic mass is 10.1. The largest absolute Gasteiger partial charge is 0.404 e. The summed E-state index contributed by atoms with van der Waals surface area (Å²) in [5.41, 5.74) is 9.60. The van der Waals surface area contributed by atoms with Crippen molar-refractivity contribution >= 4 is 11.5 Å². The first-order valence-electron chi connectivity index (χ1n) is 7.39. The van der Waals surface area contributed by atoms with Gasteiger partial charge in [0.2, 0.25) is 0 Å². The summed E-state index contributed by atoms with van der Waals surface area (Å²) in [5, 5.41) is 0. The van der Waals surface area contributed by atoms with Crippen molar-refractivity contribution in [1.29, 1.82) is 0 Å². The van der Waals surface area contributed by atoms with Gasteiger partial charge in [0.15, 0.2) is 0 Å². The number of nitrogens with zero attached hydrogens (tertiary/aromatic N) is 3. The SMILES string of the molecule is COCc1ccc(/C(=C\N)C(=O)N2CCc3nc[nH]c3C2)nc1. The second-order valence-corrected chi connectivity index (χ2v) is 5.37. The van der Waals surface area contributed by atoms with Gasteiger partial charge in [-0.15, -0.1) is 0 Å². The summed E-state index contributed by atoms with van der Waals surface area (Å²) in [5.74, 6) is -0.125. The molecule has 0 spiro atoms. The van der Waals surface area contributed by atoms with Gasteiger partial charge < -0.3 is 20.4 Å². The molecule has 0 unspecified atom stereocenters. The number of ether oxygens (including phenoxy) is 1. The van der Waals surface area contributed by atoms with Crippen molar-refractivity contribution in [3.05, 3.63) is 53.5 Å². The third kappa shape index (κ3) is 3.09. The topological polar surface area (TPSA) is 97.1 Å². The van der Waals surface area contributed by atoms with Gasteiger partial charge in [0.1, 0.15) is 0 Å². The van der Waals surface area contributed by atoms with Crippen LogP contribution in [0.4, 0.5) is 0 Å². The van der Waals surface area contributed by atoms with E-state index in [9.17, 15) is 4.79 Å². The predicted molar refractivity (Wildman–Crippen MR) is 84.8 cm³/mol. The summed E-state index contributed by atoms with van der Waals surface area (Å²) in [6.45, 7) is 1.61. The number of aromatic amines is 1. The molecular weight excluding hydrogens is 294 g/mol. The molecule has 3 N–H and O–H groups in total. The number of nitrogens with two attached hydrogens (primary N) is 1. The van der Waals surface area contributed by atoms with E-state index in [0.717, 1.165) is 23.4 Å². The van der Waals surface area contributed by atoms with E-state index in [1.54, 1.807) is 30.6 Å². The van der Waals surface area contributed by atoms with E-state index in [1.807, 2.05) is 6.07 Å². The van der Waals surface area contributed by atoms with Crippen molar-refractivity contribution in [2.75, 3.05) is 13.7 Å². The van der Waals surface area contributed by atoms with Gasteiger partial charge in [-0.25, -0.2) is 4.98 Å². The molecule has 120 valence electrons. The summed E-state index contributed by atoms with van der Waals surface area (Å²) in [7, 11) is 1.63. The molecule has 7 nitrogen and oxygen atoms in total. The average Bonchev–Trinajstić information content (AvgIpc) is 3.05. The monoisotopic (exact) mass is 313 g/mol. The third-order valence-corrected chi connectivity index (χ3v) is 3.87. The summed E-state index contributed by atoms with van der Waals surface area (Å²) in [4.78, 5) is 26.1. The van der Waals surface area contributed by atoms with E-state index in [0.29, 0.717) is 31.0 Å². The minimum atomic E-state index is -0.125. The maximum atomic E-state index is 12.8. The van der Waals surface area contributed by atoms with Gasteiger partial charge in [0, 0.05) is 32.5 Å². The number of H-pyrrole nitrogens is 1.